The van der Waals surface area contributed by atoms with E-state index in [0.29, 0.717) is 0 Å². The van der Waals surface area contributed by atoms with E-state index < -0.39 is 0 Å². The lowest BCUT2D eigenvalue weighted by atomic mass is 9.97. The zero-order chi connectivity index (χ0) is 10.1. The number of H-pyrrole nitrogens is 1. The Bertz CT molecular complexity index is 338. The third-order valence-electron chi connectivity index (χ3n) is 3.45. The van der Waals surface area contributed by atoms with Crippen molar-refractivity contribution in [2.75, 3.05) is 31.1 Å². The number of aromatic amines is 1. The predicted molar refractivity (Wildman–Crippen MR) is 60.3 cm³/mol. The highest BCUT2D eigenvalue weighted by Crippen LogP contribution is 2.27. The molecule has 2 N–H and O–H groups in total. The number of nitrogens with zero attached hydrogens (tertiary/aromatic N) is 2. The van der Waals surface area contributed by atoms with Crippen LogP contribution < -0.4 is 10.2 Å². The summed E-state index contributed by atoms with van der Waals surface area (Å²) >= 11 is 0. The van der Waals surface area contributed by atoms with Gasteiger partial charge in [0.25, 0.3) is 0 Å². The van der Waals surface area contributed by atoms with Crippen molar-refractivity contribution in [3.8, 4) is 0 Å². The van der Waals surface area contributed by atoms with Gasteiger partial charge in [-0.25, -0.2) is 0 Å². The third kappa shape index (κ3) is 1.63. The van der Waals surface area contributed by atoms with Crippen LogP contribution in [0.4, 0.5) is 5.82 Å². The van der Waals surface area contributed by atoms with Crippen LogP contribution in [0.5, 0.6) is 0 Å². The van der Waals surface area contributed by atoms with Gasteiger partial charge < -0.3 is 10.2 Å². The monoisotopic (exact) mass is 206 g/mol. The van der Waals surface area contributed by atoms with E-state index in [9.17, 15) is 0 Å². The second-order valence-electron chi connectivity index (χ2n) is 4.45. The van der Waals surface area contributed by atoms with Crippen molar-refractivity contribution in [3.63, 3.8) is 0 Å². The number of anilines is 1. The standard InChI is InChI=1S/C11H18N4/c1-2-4-10-9(3-1)11(14-13-10)15-7-5-12-6-8-15/h12H,1-8H2,(H,13,14). The van der Waals surface area contributed by atoms with Crippen LogP contribution in [0.25, 0.3) is 0 Å². The van der Waals surface area contributed by atoms with Gasteiger partial charge >= 0.3 is 0 Å². The molecule has 0 unspecified atom stereocenters. The van der Waals surface area contributed by atoms with E-state index in [1.165, 1.54) is 42.8 Å². The Balaban J connectivity index is 1.87. The lowest BCUT2D eigenvalue weighted by molar-refractivity contribution is 0.582. The van der Waals surface area contributed by atoms with Crippen LogP contribution in [0.1, 0.15) is 24.1 Å². The number of nitrogens with one attached hydrogen (secondary N) is 2. The lowest BCUT2D eigenvalue weighted by Gasteiger charge is -2.28. The van der Waals surface area contributed by atoms with Gasteiger partial charge in [0.15, 0.2) is 5.82 Å². The van der Waals surface area contributed by atoms with Crippen LogP contribution in [0.15, 0.2) is 0 Å². The molecule has 0 saturated carbocycles. The quantitative estimate of drug-likeness (QED) is 0.711. The summed E-state index contributed by atoms with van der Waals surface area (Å²) in [7, 11) is 0. The van der Waals surface area contributed by atoms with Gasteiger partial charge in [0, 0.05) is 37.4 Å². The van der Waals surface area contributed by atoms with Crippen LogP contribution in [0, 0.1) is 0 Å². The molecule has 0 amide bonds. The molecule has 1 aromatic heterocycles. The number of hydrogen-bond donors (Lipinski definition) is 2. The molecule has 2 heterocycles. The summed E-state index contributed by atoms with van der Waals surface area (Å²) in [5.41, 5.74) is 2.87. The van der Waals surface area contributed by atoms with E-state index in [-0.39, 0.29) is 0 Å². The molecule has 2 aliphatic rings. The molecule has 1 aromatic rings. The van der Waals surface area contributed by atoms with Crippen LogP contribution >= 0.6 is 0 Å². The van der Waals surface area contributed by atoms with Gasteiger partial charge in [-0.1, -0.05) is 0 Å². The predicted octanol–water partition coefficient (Wildman–Crippen LogP) is 0.698. The minimum Gasteiger partial charge on any atom is -0.352 e. The van der Waals surface area contributed by atoms with Crippen molar-refractivity contribution in [2.24, 2.45) is 0 Å². The Morgan fingerprint density at radius 2 is 1.87 bits per heavy atom. The largest absolute Gasteiger partial charge is 0.352 e. The van der Waals surface area contributed by atoms with Gasteiger partial charge in [-0.05, 0) is 25.7 Å². The highest BCUT2D eigenvalue weighted by atomic mass is 15.3. The molecule has 1 saturated heterocycles. The third-order valence-corrected chi connectivity index (χ3v) is 3.45. The van der Waals surface area contributed by atoms with Crippen molar-refractivity contribution in [1.82, 2.24) is 15.5 Å². The summed E-state index contributed by atoms with van der Waals surface area (Å²) in [6, 6.07) is 0. The van der Waals surface area contributed by atoms with Crippen molar-refractivity contribution < 1.29 is 0 Å². The van der Waals surface area contributed by atoms with E-state index in [4.69, 9.17) is 0 Å². The topological polar surface area (TPSA) is 44.0 Å². The fraction of sp³-hybridized carbons (Fsp3) is 0.727. The molecule has 1 fully saturated rings. The van der Waals surface area contributed by atoms with E-state index in [0.717, 1.165) is 26.2 Å². The van der Waals surface area contributed by atoms with Crippen molar-refractivity contribution in [3.05, 3.63) is 11.3 Å². The van der Waals surface area contributed by atoms with Gasteiger partial charge in [-0.2, -0.15) is 5.10 Å². The molecule has 1 aliphatic heterocycles. The first-order valence-electron chi connectivity index (χ1n) is 5.97. The number of aryl methyl sites for hydroxylation is 1. The molecule has 0 atom stereocenters. The smallest absolute Gasteiger partial charge is 0.153 e. The number of piperazine rings is 1. The molecule has 3 rings (SSSR count). The second-order valence-corrected chi connectivity index (χ2v) is 4.45. The zero-order valence-corrected chi connectivity index (χ0v) is 9.05. The molecule has 15 heavy (non-hydrogen) atoms. The number of fused-ring (bicyclic) bond motifs is 1. The minimum absolute atomic E-state index is 1.08. The first-order valence-corrected chi connectivity index (χ1v) is 5.97. The Kier molecular flexibility index (Phi) is 2.37. The number of aromatic nitrogens is 2. The Hall–Kier alpha value is -1.03. The normalized spacial score (nSPS) is 21.5. The van der Waals surface area contributed by atoms with Gasteiger partial charge in [-0.3, -0.25) is 5.10 Å². The summed E-state index contributed by atoms with van der Waals surface area (Å²) in [6.45, 7) is 4.36. The average Bonchev–Trinajstić information content (AvgIpc) is 2.74. The van der Waals surface area contributed by atoms with Crippen molar-refractivity contribution >= 4 is 5.82 Å². The highest BCUT2D eigenvalue weighted by molar-refractivity contribution is 5.50. The molecule has 0 aromatic carbocycles. The highest BCUT2D eigenvalue weighted by Gasteiger charge is 2.21. The van der Waals surface area contributed by atoms with Crippen molar-refractivity contribution in [1.29, 1.82) is 0 Å². The van der Waals surface area contributed by atoms with Gasteiger partial charge in [0.2, 0.25) is 0 Å². The fourth-order valence-corrected chi connectivity index (χ4v) is 2.60. The number of rotatable bonds is 1. The SMILES string of the molecule is C1CCc2c(N3CCNCC3)n[nH]c2C1. The fourth-order valence-electron chi connectivity index (χ4n) is 2.60. The number of hydrogen-bond acceptors (Lipinski definition) is 3. The Labute approximate surface area is 90.0 Å². The summed E-state index contributed by atoms with van der Waals surface area (Å²) in [5.74, 6) is 1.23. The average molecular weight is 206 g/mol. The molecule has 1 aliphatic carbocycles. The summed E-state index contributed by atoms with van der Waals surface area (Å²) in [6.07, 6.45) is 5.04. The van der Waals surface area contributed by atoms with Gasteiger partial charge in [0.05, 0.1) is 0 Å². The molecule has 0 bridgehead atoms. The molecule has 0 radical (unpaired) electrons. The van der Waals surface area contributed by atoms with E-state index >= 15 is 0 Å². The Morgan fingerprint density at radius 1 is 1.07 bits per heavy atom. The van der Waals surface area contributed by atoms with Crippen LogP contribution in [0.2, 0.25) is 0 Å². The molecular weight excluding hydrogens is 188 g/mol. The minimum atomic E-state index is 1.08. The molecule has 4 heteroatoms. The maximum absolute atomic E-state index is 4.49. The summed E-state index contributed by atoms with van der Waals surface area (Å²) < 4.78 is 0. The zero-order valence-electron chi connectivity index (χ0n) is 9.05. The van der Waals surface area contributed by atoms with Crippen molar-refractivity contribution in [2.45, 2.75) is 25.7 Å². The molecular formula is C11H18N4. The maximum atomic E-state index is 4.49. The van der Waals surface area contributed by atoms with E-state index in [1.54, 1.807) is 0 Å². The maximum Gasteiger partial charge on any atom is 0.153 e. The van der Waals surface area contributed by atoms with E-state index in [1.807, 2.05) is 0 Å². The summed E-state index contributed by atoms with van der Waals surface area (Å²) in [4.78, 5) is 2.41. The van der Waals surface area contributed by atoms with Crippen LogP contribution in [-0.4, -0.2) is 36.4 Å². The first-order chi connectivity index (χ1) is 7.45. The van der Waals surface area contributed by atoms with Crippen LogP contribution in [-0.2, 0) is 12.8 Å². The second kappa shape index (κ2) is 3.85. The molecule has 82 valence electrons. The van der Waals surface area contributed by atoms with E-state index in [2.05, 4.69) is 20.4 Å². The van der Waals surface area contributed by atoms with Crippen LogP contribution in [0.3, 0.4) is 0 Å². The summed E-state index contributed by atoms with van der Waals surface area (Å²) in [5, 5.41) is 11.1. The lowest BCUT2D eigenvalue weighted by Crippen LogP contribution is -2.44. The molecule has 0 spiro atoms. The first kappa shape index (κ1) is 9.21. The molecule has 4 nitrogen and oxygen atoms in total. The van der Waals surface area contributed by atoms with Gasteiger partial charge in [-0.15, -0.1) is 0 Å². The Morgan fingerprint density at radius 3 is 2.73 bits per heavy atom. The van der Waals surface area contributed by atoms with Gasteiger partial charge in [0.1, 0.15) is 0 Å².